The van der Waals surface area contributed by atoms with Gasteiger partial charge < -0.3 is 0 Å². The SMILES string of the molecule is CCP(CC)(CC)(CC)OC(=O)c1cccc(C(=O)OP(CC)(CC)(CC)CC)c1. The number of carbonyl (C=O) groups is 2. The molecule has 4 nitrogen and oxygen atoms in total. The van der Waals surface area contributed by atoms with Gasteiger partial charge in [-0.15, -0.1) is 0 Å². The Labute approximate surface area is 184 Å². The van der Waals surface area contributed by atoms with Crippen molar-refractivity contribution in [2.24, 2.45) is 0 Å². The zero-order valence-corrected chi connectivity index (χ0v) is 22.3. The first kappa shape index (κ1) is 27.1. The van der Waals surface area contributed by atoms with E-state index >= 15 is 0 Å². The van der Waals surface area contributed by atoms with E-state index in [1.54, 1.807) is 24.3 Å². The van der Waals surface area contributed by atoms with Crippen LogP contribution in [0.15, 0.2) is 24.3 Å². The minimum atomic E-state index is -2.55. The molecule has 0 bridgehead atoms. The van der Waals surface area contributed by atoms with Crippen LogP contribution in [0.4, 0.5) is 0 Å². The predicted octanol–water partition coefficient (Wildman–Crippen LogP) is 7.10. The van der Waals surface area contributed by atoms with E-state index in [1.807, 2.05) is 0 Å². The van der Waals surface area contributed by atoms with Crippen LogP contribution in [0.1, 0.15) is 76.1 Å². The Morgan fingerprint density at radius 2 is 0.867 bits per heavy atom. The molecule has 0 N–H and O–H groups in total. The van der Waals surface area contributed by atoms with Gasteiger partial charge in [-0.2, -0.15) is 0 Å². The molecule has 174 valence electrons. The fourth-order valence-electron chi connectivity index (χ4n) is 4.55. The molecule has 1 rings (SSSR count). The first-order chi connectivity index (χ1) is 14.1. The molecule has 0 atom stereocenters. The van der Waals surface area contributed by atoms with Crippen molar-refractivity contribution in [3.05, 3.63) is 35.4 Å². The monoisotopic (exact) mass is 458 g/mol. The van der Waals surface area contributed by atoms with Crippen LogP contribution in [-0.4, -0.2) is 61.2 Å². The van der Waals surface area contributed by atoms with Crippen molar-refractivity contribution >= 4 is 25.6 Å². The van der Waals surface area contributed by atoms with Crippen molar-refractivity contribution in [1.82, 2.24) is 0 Å². The molecule has 0 unspecified atom stereocenters. The second-order valence-electron chi connectivity index (χ2n) is 8.58. The Hall–Kier alpha value is -0.980. The predicted molar refractivity (Wildman–Crippen MR) is 135 cm³/mol. The van der Waals surface area contributed by atoms with Gasteiger partial charge in [0.25, 0.3) is 0 Å². The van der Waals surface area contributed by atoms with E-state index in [2.05, 4.69) is 55.4 Å². The van der Waals surface area contributed by atoms with Crippen LogP contribution in [0, 0.1) is 0 Å². The average molecular weight is 459 g/mol. The number of benzene rings is 1. The summed E-state index contributed by atoms with van der Waals surface area (Å²) in [6, 6.07) is 6.87. The zero-order valence-electron chi connectivity index (χ0n) is 20.5. The molecule has 0 amide bonds. The average Bonchev–Trinajstić information content (AvgIpc) is 2.82. The van der Waals surface area contributed by atoms with Crippen LogP contribution in [0.5, 0.6) is 0 Å². The summed E-state index contributed by atoms with van der Waals surface area (Å²) >= 11 is 0. The third-order valence-corrected chi connectivity index (χ3v) is 22.6. The third-order valence-electron chi connectivity index (χ3n) is 8.42. The van der Waals surface area contributed by atoms with Gasteiger partial charge in [0, 0.05) is 0 Å². The molecule has 0 heterocycles. The molecule has 0 radical (unpaired) electrons. The van der Waals surface area contributed by atoms with Crippen molar-refractivity contribution in [2.45, 2.75) is 55.4 Å². The first-order valence-electron chi connectivity index (χ1n) is 11.7. The second-order valence-corrected chi connectivity index (χ2v) is 21.4. The Balaban J connectivity index is 3.25. The summed E-state index contributed by atoms with van der Waals surface area (Å²) in [7, 11) is 0. The fourth-order valence-corrected chi connectivity index (χ4v) is 12.1. The summed E-state index contributed by atoms with van der Waals surface area (Å²) in [4.78, 5) is 26.2. The standard InChI is InChI=1S/C24H44O4P2/c1-9-29(10-2,11-3,12-4)27-23(25)21-18-17-19-22(20-21)24(26)28-30(13-5,14-6,15-7)16-8/h17-20H,9-16H2,1-8H3. The van der Waals surface area contributed by atoms with Crippen LogP contribution in [0.25, 0.3) is 0 Å². The minimum absolute atomic E-state index is 0.316. The van der Waals surface area contributed by atoms with Crippen LogP contribution < -0.4 is 0 Å². The van der Waals surface area contributed by atoms with E-state index in [4.69, 9.17) is 9.05 Å². The van der Waals surface area contributed by atoms with Crippen molar-refractivity contribution in [2.75, 3.05) is 49.3 Å². The van der Waals surface area contributed by atoms with Crippen molar-refractivity contribution in [3.63, 3.8) is 0 Å². The van der Waals surface area contributed by atoms with E-state index in [9.17, 15) is 9.59 Å². The van der Waals surface area contributed by atoms with Crippen molar-refractivity contribution in [1.29, 1.82) is 0 Å². The number of hydrogen-bond acceptors (Lipinski definition) is 4. The Morgan fingerprint density at radius 3 is 1.10 bits per heavy atom. The zero-order chi connectivity index (χ0) is 23.1. The summed E-state index contributed by atoms with van der Waals surface area (Å²) in [5.74, 6) is -0.631. The van der Waals surface area contributed by atoms with Crippen LogP contribution >= 0.6 is 13.7 Å². The number of rotatable bonds is 12. The molecule has 0 spiro atoms. The first-order valence-corrected chi connectivity index (χ1v) is 17.5. The molecule has 0 fully saturated rings. The van der Waals surface area contributed by atoms with Crippen LogP contribution in [-0.2, 0) is 9.05 Å². The van der Waals surface area contributed by atoms with E-state index < -0.39 is 13.7 Å². The van der Waals surface area contributed by atoms with E-state index in [0.717, 1.165) is 49.3 Å². The quantitative estimate of drug-likeness (QED) is 0.314. The fraction of sp³-hybridized carbons (Fsp3) is 0.667. The molecule has 1 aromatic carbocycles. The summed E-state index contributed by atoms with van der Waals surface area (Å²) in [5.41, 5.74) is 0.868. The molecule has 0 aliphatic rings. The van der Waals surface area contributed by atoms with Crippen LogP contribution in [0.2, 0.25) is 0 Å². The molecule has 6 heteroatoms. The summed E-state index contributed by atoms with van der Waals surface area (Å²) in [6.45, 7) is 11.9. The van der Waals surface area contributed by atoms with Gasteiger partial charge in [0.1, 0.15) is 0 Å². The van der Waals surface area contributed by atoms with Gasteiger partial charge in [0.05, 0.1) is 0 Å². The normalized spacial score (nSPS) is 14.8. The van der Waals surface area contributed by atoms with E-state index in [-0.39, 0.29) is 11.9 Å². The second kappa shape index (κ2) is 10.1. The van der Waals surface area contributed by atoms with Crippen molar-refractivity contribution in [3.8, 4) is 0 Å². The van der Waals surface area contributed by atoms with Gasteiger partial charge in [0.2, 0.25) is 0 Å². The van der Waals surface area contributed by atoms with E-state index in [0.29, 0.717) is 11.1 Å². The molecule has 0 aliphatic heterocycles. The van der Waals surface area contributed by atoms with E-state index in [1.165, 1.54) is 0 Å². The van der Waals surface area contributed by atoms with Gasteiger partial charge in [-0.05, 0) is 0 Å². The van der Waals surface area contributed by atoms with Crippen molar-refractivity contribution < 1.29 is 18.6 Å². The molecule has 30 heavy (non-hydrogen) atoms. The molecule has 0 aliphatic carbocycles. The summed E-state index contributed by atoms with van der Waals surface area (Å²) in [5, 5.41) is 0. The molecular formula is C24H44O4P2. The Morgan fingerprint density at radius 1 is 0.600 bits per heavy atom. The third kappa shape index (κ3) is 4.91. The maximum absolute atomic E-state index is 13.1. The van der Waals surface area contributed by atoms with Gasteiger partial charge in [-0.1, -0.05) is 0 Å². The van der Waals surface area contributed by atoms with Gasteiger partial charge in [-0.25, -0.2) is 0 Å². The maximum atomic E-state index is 13.1. The van der Waals surface area contributed by atoms with Gasteiger partial charge >= 0.3 is 184 Å². The molecular weight excluding hydrogens is 414 g/mol. The Kier molecular flexibility index (Phi) is 9.10. The summed E-state index contributed by atoms with van der Waals surface area (Å²) < 4.78 is 12.6. The topological polar surface area (TPSA) is 52.6 Å². The molecule has 0 aromatic heterocycles. The molecule has 1 aromatic rings. The number of hydrogen-bond donors (Lipinski definition) is 0. The molecule has 0 saturated heterocycles. The van der Waals surface area contributed by atoms with Crippen LogP contribution in [0.3, 0.4) is 0 Å². The van der Waals surface area contributed by atoms with Gasteiger partial charge in [0.15, 0.2) is 0 Å². The molecule has 0 saturated carbocycles. The summed E-state index contributed by atoms with van der Waals surface area (Å²) in [6.07, 6.45) is 7.09. The Bertz CT molecular complexity index is 645. The number of carbonyl (C=O) groups excluding carboxylic acids is 2. The van der Waals surface area contributed by atoms with Gasteiger partial charge in [-0.3, -0.25) is 0 Å².